The number of carbonyl (C=O) groups excluding carboxylic acids is 1. The van der Waals surface area contributed by atoms with E-state index < -0.39 is 10.0 Å². The van der Waals surface area contributed by atoms with Gasteiger partial charge < -0.3 is 5.32 Å². The molecule has 0 spiro atoms. The maximum absolute atomic E-state index is 12.4. The van der Waals surface area contributed by atoms with Gasteiger partial charge in [0.15, 0.2) is 0 Å². The van der Waals surface area contributed by atoms with Gasteiger partial charge >= 0.3 is 0 Å². The van der Waals surface area contributed by atoms with Crippen LogP contribution in [-0.4, -0.2) is 32.7 Å². The average molecular weight is 336 g/mol. The predicted octanol–water partition coefficient (Wildman–Crippen LogP) is 1.99. The topological polar surface area (TPSA) is 66.5 Å². The minimum atomic E-state index is -3.50. The predicted molar refractivity (Wildman–Crippen MR) is 88.1 cm³/mol. The number of nitrogens with zero attached hydrogens (tertiary/aromatic N) is 1. The van der Waals surface area contributed by atoms with E-state index in [1.807, 2.05) is 0 Å². The first-order valence-electron chi connectivity index (χ1n) is 8.17. The van der Waals surface area contributed by atoms with Crippen LogP contribution in [0, 0.1) is 17.8 Å². The summed E-state index contributed by atoms with van der Waals surface area (Å²) in [4.78, 5) is 12.7. The Hall–Kier alpha value is -1.40. The van der Waals surface area contributed by atoms with Gasteiger partial charge in [-0.05, 0) is 42.7 Å². The summed E-state index contributed by atoms with van der Waals surface area (Å²) in [6.07, 6.45) is 4.60. The summed E-state index contributed by atoms with van der Waals surface area (Å²) >= 11 is 0. The van der Waals surface area contributed by atoms with Crippen molar-refractivity contribution in [2.45, 2.75) is 37.1 Å². The zero-order chi connectivity index (χ0) is 16.6. The molecule has 0 radical (unpaired) electrons. The number of nitrogens with one attached hydrogen (secondary N) is 1. The molecule has 126 valence electrons. The minimum Gasteiger partial charge on any atom is -0.352 e. The van der Waals surface area contributed by atoms with Crippen molar-refractivity contribution in [1.82, 2.24) is 9.62 Å². The van der Waals surface area contributed by atoms with Crippen LogP contribution in [0.25, 0.3) is 0 Å². The fourth-order valence-electron chi connectivity index (χ4n) is 3.98. The normalized spacial score (nSPS) is 26.7. The number of hydrogen-bond donors (Lipinski definition) is 1. The van der Waals surface area contributed by atoms with E-state index in [0.717, 1.165) is 18.8 Å². The molecule has 2 aliphatic carbocycles. The van der Waals surface area contributed by atoms with E-state index in [9.17, 15) is 13.2 Å². The van der Waals surface area contributed by atoms with Crippen molar-refractivity contribution >= 4 is 15.9 Å². The van der Waals surface area contributed by atoms with Crippen LogP contribution >= 0.6 is 0 Å². The molecule has 23 heavy (non-hydrogen) atoms. The highest BCUT2D eigenvalue weighted by atomic mass is 32.2. The Morgan fingerprint density at radius 2 is 1.96 bits per heavy atom. The Morgan fingerprint density at radius 3 is 2.57 bits per heavy atom. The largest absolute Gasteiger partial charge is 0.352 e. The summed E-state index contributed by atoms with van der Waals surface area (Å²) in [6, 6.07) is 6.86. The molecule has 1 N–H and O–H groups in total. The highest BCUT2D eigenvalue weighted by Crippen LogP contribution is 2.48. The first-order valence-corrected chi connectivity index (χ1v) is 9.61. The number of benzene rings is 1. The third-order valence-electron chi connectivity index (χ3n) is 5.26. The third-order valence-corrected chi connectivity index (χ3v) is 7.17. The lowest BCUT2D eigenvalue weighted by Crippen LogP contribution is -2.34. The Morgan fingerprint density at radius 1 is 1.22 bits per heavy atom. The number of hydrogen-bond acceptors (Lipinski definition) is 3. The zero-order valence-corrected chi connectivity index (χ0v) is 14.5. The van der Waals surface area contributed by atoms with E-state index in [4.69, 9.17) is 0 Å². The van der Waals surface area contributed by atoms with Crippen LogP contribution in [0.3, 0.4) is 0 Å². The Labute approximate surface area is 138 Å². The minimum absolute atomic E-state index is 0.0780. The molecule has 2 saturated carbocycles. The van der Waals surface area contributed by atoms with Crippen LogP contribution in [0.4, 0.5) is 0 Å². The number of amides is 1. The molecule has 1 aromatic rings. The molecule has 0 saturated heterocycles. The average Bonchev–Trinajstić information content (AvgIpc) is 3.15. The fourth-order valence-corrected chi connectivity index (χ4v) is 5.09. The summed E-state index contributed by atoms with van der Waals surface area (Å²) in [6.45, 7) is 0.260. The SMILES string of the molecule is CN(C)S(=O)(=O)c1ccccc1CNC(=O)[C@@H]1C[C@H]2CC[C@H]1C2. The van der Waals surface area contributed by atoms with Gasteiger partial charge in [-0.1, -0.05) is 24.6 Å². The number of carbonyl (C=O) groups is 1. The smallest absolute Gasteiger partial charge is 0.242 e. The zero-order valence-electron chi connectivity index (χ0n) is 13.7. The Kier molecular flexibility index (Phi) is 4.47. The number of fused-ring (bicyclic) bond motifs is 2. The lowest BCUT2D eigenvalue weighted by atomic mass is 9.88. The molecule has 0 aromatic heterocycles. The van der Waals surface area contributed by atoms with Crippen LogP contribution < -0.4 is 5.32 Å². The number of sulfonamides is 1. The molecule has 0 unspecified atom stereocenters. The summed E-state index contributed by atoms with van der Waals surface area (Å²) in [5, 5.41) is 2.96. The quantitative estimate of drug-likeness (QED) is 0.894. The van der Waals surface area contributed by atoms with E-state index >= 15 is 0 Å². The highest BCUT2D eigenvalue weighted by Gasteiger charge is 2.42. The van der Waals surface area contributed by atoms with Crippen molar-refractivity contribution in [3.8, 4) is 0 Å². The molecular weight excluding hydrogens is 312 g/mol. The van der Waals surface area contributed by atoms with E-state index in [2.05, 4.69) is 5.32 Å². The molecule has 5 nitrogen and oxygen atoms in total. The van der Waals surface area contributed by atoms with Gasteiger partial charge in [-0.15, -0.1) is 0 Å². The molecule has 0 aliphatic heterocycles. The van der Waals surface area contributed by atoms with Crippen molar-refractivity contribution in [2.24, 2.45) is 17.8 Å². The van der Waals surface area contributed by atoms with Crippen molar-refractivity contribution in [2.75, 3.05) is 14.1 Å². The van der Waals surface area contributed by atoms with Gasteiger partial charge in [0.2, 0.25) is 15.9 Å². The van der Waals surface area contributed by atoms with Gasteiger partial charge in [0.25, 0.3) is 0 Å². The van der Waals surface area contributed by atoms with Crippen LogP contribution in [0.2, 0.25) is 0 Å². The van der Waals surface area contributed by atoms with Crippen LogP contribution in [0.1, 0.15) is 31.2 Å². The van der Waals surface area contributed by atoms with Crippen LogP contribution in [0.15, 0.2) is 29.2 Å². The van der Waals surface area contributed by atoms with Gasteiger partial charge in [0.1, 0.15) is 0 Å². The molecule has 1 aromatic carbocycles. The van der Waals surface area contributed by atoms with Crippen molar-refractivity contribution in [1.29, 1.82) is 0 Å². The third kappa shape index (κ3) is 3.15. The summed E-state index contributed by atoms with van der Waals surface area (Å²) < 4.78 is 25.9. The molecule has 0 heterocycles. The monoisotopic (exact) mass is 336 g/mol. The van der Waals surface area contributed by atoms with Gasteiger partial charge in [0.05, 0.1) is 4.90 Å². The van der Waals surface area contributed by atoms with Gasteiger partial charge in [-0.2, -0.15) is 0 Å². The van der Waals surface area contributed by atoms with Crippen molar-refractivity contribution in [3.05, 3.63) is 29.8 Å². The summed E-state index contributed by atoms with van der Waals surface area (Å²) in [7, 11) is -0.473. The van der Waals surface area contributed by atoms with Crippen LogP contribution in [0.5, 0.6) is 0 Å². The molecule has 2 aliphatic rings. The lowest BCUT2D eigenvalue weighted by molar-refractivity contribution is -0.126. The van der Waals surface area contributed by atoms with E-state index in [0.29, 0.717) is 11.5 Å². The molecular formula is C17H24N2O3S. The highest BCUT2D eigenvalue weighted by molar-refractivity contribution is 7.89. The molecule has 6 heteroatoms. The van der Waals surface area contributed by atoms with E-state index in [1.165, 1.54) is 31.2 Å². The van der Waals surface area contributed by atoms with Gasteiger partial charge in [-0.3, -0.25) is 4.79 Å². The molecule has 2 bridgehead atoms. The van der Waals surface area contributed by atoms with E-state index in [-0.39, 0.29) is 23.3 Å². The molecule has 3 atom stereocenters. The van der Waals surface area contributed by atoms with Crippen molar-refractivity contribution in [3.63, 3.8) is 0 Å². The molecule has 2 fully saturated rings. The first-order chi connectivity index (χ1) is 10.9. The second-order valence-electron chi connectivity index (χ2n) is 6.89. The van der Waals surface area contributed by atoms with Gasteiger partial charge in [-0.25, -0.2) is 12.7 Å². The van der Waals surface area contributed by atoms with E-state index in [1.54, 1.807) is 24.3 Å². The van der Waals surface area contributed by atoms with Crippen molar-refractivity contribution < 1.29 is 13.2 Å². The summed E-state index contributed by atoms with van der Waals surface area (Å²) in [5.74, 6) is 1.44. The second-order valence-corrected chi connectivity index (χ2v) is 9.01. The molecule has 3 rings (SSSR count). The Balaban J connectivity index is 1.70. The lowest BCUT2D eigenvalue weighted by Gasteiger charge is -2.21. The standard InChI is InChI=1S/C17H24N2O3S/c1-19(2)23(21,22)16-6-4-3-5-14(16)11-18-17(20)15-10-12-7-8-13(15)9-12/h3-6,12-13,15H,7-11H2,1-2H3,(H,18,20)/t12-,13-,15+/m0/s1. The number of rotatable bonds is 5. The maximum atomic E-state index is 12.4. The maximum Gasteiger partial charge on any atom is 0.242 e. The Bertz CT molecular complexity index is 700. The summed E-state index contributed by atoms with van der Waals surface area (Å²) in [5.41, 5.74) is 0.637. The fraction of sp³-hybridized carbons (Fsp3) is 0.588. The molecule has 1 amide bonds. The van der Waals surface area contributed by atoms with Crippen LogP contribution in [-0.2, 0) is 21.4 Å². The van der Waals surface area contributed by atoms with Gasteiger partial charge in [0, 0.05) is 26.6 Å². The second kappa shape index (κ2) is 6.24. The first kappa shape index (κ1) is 16.5.